The van der Waals surface area contributed by atoms with E-state index in [9.17, 15) is 5.11 Å². The number of anilines is 1. The summed E-state index contributed by atoms with van der Waals surface area (Å²) in [5, 5.41) is 13.2. The van der Waals surface area contributed by atoms with Gasteiger partial charge in [-0.1, -0.05) is 115 Å². The van der Waals surface area contributed by atoms with E-state index in [0.29, 0.717) is 13.2 Å². The van der Waals surface area contributed by atoms with E-state index in [1.807, 2.05) is 30.3 Å². The van der Waals surface area contributed by atoms with Crippen molar-refractivity contribution in [2.75, 3.05) is 25.1 Å². The topological polar surface area (TPSA) is 41.5 Å². The highest BCUT2D eigenvalue weighted by Crippen LogP contribution is 2.13. The Morgan fingerprint density at radius 3 is 1.72 bits per heavy atom. The molecule has 0 amide bonds. The van der Waals surface area contributed by atoms with Crippen molar-refractivity contribution in [2.45, 2.75) is 109 Å². The SMILES string of the molecule is CCCCCCCCCCCCCCCCCOCC(O)CNc1ccccc1. The largest absolute Gasteiger partial charge is 0.389 e. The molecule has 3 heteroatoms. The van der Waals surface area contributed by atoms with Crippen LogP contribution in [0.1, 0.15) is 103 Å². The summed E-state index contributed by atoms with van der Waals surface area (Å²) in [6.07, 6.45) is 20.2. The van der Waals surface area contributed by atoms with Crippen LogP contribution in [0.15, 0.2) is 30.3 Å². The van der Waals surface area contributed by atoms with Gasteiger partial charge in [-0.05, 0) is 18.6 Å². The first kappa shape index (κ1) is 26.0. The van der Waals surface area contributed by atoms with E-state index < -0.39 is 6.10 Å². The molecule has 0 bridgehead atoms. The molecule has 0 aliphatic heterocycles. The van der Waals surface area contributed by atoms with Crippen LogP contribution in [0.2, 0.25) is 0 Å². The third-order valence-corrected chi connectivity index (χ3v) is 5.52. The fraction of sp³-hybridized carbons (Fsp3) is 0.769. The first-order valence-corrected chi connectivity index (χ1v) is 12.4. The zero-order valence-corrected chi connectivity index (χ0v) is 19.0. The van der Waals surface area contributed by atoms with Crippen LogP contribution in [-0.4, -0.2) is 31.0 Å². The van der Waals surface area contributed by atoms with Gasteiger partial charge in [-0.3, -0.25) is 0 Å². The molecule has 0 spiro atoms. The monoisotopic (exact) mass is 405 g/mol. The summed E-state index contributed by atoms with van der Waals surface area (Å²) >= 11 is 0. The van der Waals surface area contributed by atoms with Crippen LogP contribution >= 0.6 is 0 Å². The molecule has 0 heterocycles. The number of ether oxygens (including phenoxy) is 1. The van der Waals surface area contributed by atoms with Gasteiger partial charge in [0.05, 0.1) is 12.7 Å². The highest BCUT2D eigenvalue weighted by Gasteiger charge is 2.03. The summed E-state index contributed by atoms with van der Waals surface area (Å²) < 4.78 is 5.61. The Hall–Kier alpha value is -1.06. The fourth-order valence-corrected chi connectivity index (χ4v) is 3.65. The number of rotatable bonds is 21. The Kier molecular flexibility index (Phi) is 18.1. The van der Waals surface area contributed by atoms with E-state index in [2.05, 4.69) is 12.2 Å². The van der Waals surface area contributed by atoms with Gasteiger partial charge in [-0.2, -0.15) is 0 Å². The van der Waals surface area contributed by atoms with Crippen molar-refractivity contribution in [3.63, 3.8) is 0 Å². The maximum atomic E-state index is 9.95. The second-order valence-electron chi connectivity index (χ2n) is 8.43. The second-order valence-corrected chi connectivity index (χ2v) is 8.43. The van der Waals surface area contributed by atoms with E-state index in [1.54, 1.807) is 0 Å². The van der Waals surface area contributed by atoms with Crippen LogP contribution in [0.3, 0.4) is 0 Å². The zero-order valence-electron chi connectivity index (χ0n) is 19.0. The van der Waals surface area contributed by atoms with Crippen molar-refractivity contribution in [1.29, 1.82) is 0 Å². The Bertz CT molecular complexity index is 438. The van der Waals surface area contributed by atoms with Gasteiger partial charge < -0.3 is 15.2 Å². The number of hydrogen-bond acceptors (Lipinski definition) is 3. The van der Waals surface area contributed by atoms with E-state index in [4.69, 9.17) is 4.74 Å². The molecule has 1 aromatic carbocycles. The number of para-hydroxylation sites is 1. The molecular formula is C26H47NO2. The fourth-order valence-electron chi connectivity index (χ4n) is 3.65. The summed E-state index contributed by atoms with van der Waals surface area (Å²) in [6.45, 7) is 3.99. The average molecular weight is 406 g/mol. The number of benzene rings is 1. The highest BCUT2D eigenvalue weighted by atomic mass is 16.5. The van der Waals surface area contributed by atoms with Crippen LogP contribution in [0.5, 0.6) is 0 Å². The van der Waals surface area contributed by atoms with E-state index in [0.717, 1.165) is 18.7 Å². The lowest BCUT2D eigenvalue weighted by Gasteiger charge is -2.13. The van der Waals surface area contributed by atoms with Crippen LogP contribution < -0.4 is 5.32 Å². The lowest BCUT2D eigenvalue weighted by Crippen LogP contribution is -2.25. The third kappa shape index (κ3) is 17.5. The van der Waals surface area contributed by atoms with Gasteiger partial charge in [-0.25, -0.2) is 0 Å². The van der Waals surface area contributed by atoms with Crippen molar-refractivity contribution >= 4 is 5.69 Å². The lowest BCUT2D eigenvalue weighted by atomic mass is 10.0. The van der Waals surface area contributed by atoms with E-state index in [-0.39, 0.29) is 0 Å². The molecule has 29 heavy (non-hydrogen) atoms. The molecule has 0 aliphatic rings. The number of hydrogen-bond donors (Lipinski definition) is 2. The van der Waals surface area contributed by atoms with Crippen molar-refractivity contribution < 1.29 is 9.84 Å². The summed E-state index contributed by atoms with van der Waals surface area (Å²) in [4.78, 5) is 0. The maximum absolute atomic E-state index is 9.95. The van der Waals surface area contributed by atoms with Crippen molar-refractivity contribution in [2.24, 2.45) is 0 Å². The highest BCUT2D eigenvalue weighted by molar-refractivity contribution is 5.42. The maximum Gasteiger partial charge on any atom is 0.0945 e. The van der Waals surface area contributed by atoms with E-state index in [1.165, 1.54) is 89.9 Å². The van der Waals surface area contributed by atoms with Crippen molar-refractivity contribution in [3.05, 3.63) is 30.3 Å². The van der Waals surface area contributed by atoms with Crippen LogP contribution in [0, 0.1) is 0 Å². The third-order valence-electron chi connectivity index (χ3n) is 5.52. The van der Waals surface area contributed by atoms with Crippen LogP contribution in [-0.2, 0) is 4.74 Å². The van der Waals surface area contributed by atoms with Gasteiger partial charge in [0.1, 0.15) is 0 Å². The smallest absolute Gasteiger partial charge is 0.0945 e. The Morgan fingerprint density at radius 1 is 0.724 bits per heavy atom. The molecule has 3 nitrogen and oxygen atoms in total. The van der Waals surface area contributed by atoms with Gasteiger partial charge in [0.25, 0.3) is 0 Å². The first-order valence-electron chi connectivity index (χ1n) is 12.4. The second kappa shape index (κ2) is 20.2. The number of nitrogens with one attached hydrogen (secondary N) is 1. The predicted molar refractivity (Wildman–Crippen MR) is 127 cm³/mol. The molecule has 1 atom stereocenters. The summed E-state index contributed by atoms with van der Waals surface area (Å²) in [7, 11) is 0. The molecule has 0 aromatic heterocycles. The number of aliphatic hydroxyl groups is 1. The summed E-state index contributed by atoms with van der Waals surface area (Å²) in [5.41, 5.74) is 1.04. The summed E-state index contributed by atoms with van der Waals surface area (Å²) in [5.74, 6) is 0. The molecule has 0 radical (unpaired) electrons. The molecule has 0 aliphatic carbocycles. The summed E-state index contributed by atoms with van der Waals surface area (Å²) in [6, 6.07) is 9.97. The van der Waals surface area contributed by atoms with Gasteiger partial charge in [-0.15, -0.1) is 0 Å². The van der Waals surface area contributed by atoms with Gasteiger partial charge >= 0.3 is 0 Å². The lowest BCUT2D eigenvalue weighted by molar-refractivity contribution is 0.0416. The predicted octanol–water partition coefficient (Wildman–Crippen LogP) is 7.35. The molecule has 0 saturated heterocycles. The van der Waals surface area contributed by atoms with Crippen LogP contribution in [0.4, 0.5) is 5.69 Å². The molecule has 1 aromatic rings. The van der Waals surface area contributed by atoms with Gasteiger partial charge in [0.15, 0.2) is 0 Å². The average Bonchev–Trinajstić information content (AvgIpc) is 2.75. The molecule has 1 unspecified atom stereocenters. The molecule has 2 N–H and O–H groups in total. The minimum atomic E-state index is -0.452. The standard InChI is InChI=1S/C26H47NO2/c1-2-3-4-5-6-7-8-9-10-11-12-13-14-15-19-22-29-24-26(28)23-27-25-20-17-16-18-21-25/h16-18,20-21,26-28H,2-15,19,22-24H2,1H3. The first-order chi connectivity index (χ1) is 14.3. The van der Waals surface area contributed by atoms with E-state index >= 15 is 0 Å². The number of aliphatic hydroxyl groups excluding tert-OH is 1. The minimum Gasteiger partial charge on any atom is -0.389 e. The molecule has 0 fully saturated rings. The Labute approximate surface area is 180 Å². The number of unbranched alkanes of at least 4 members (excludes halogenated alkanes) is 14. The van der Waals surface area contributed by atoms with Gasteiger partial charge in [0.2, 0.25) is 0 Å². The van der Waals surface area contributed by atoms with Crippen molar-refractivity contribution in [1.82, 2.24) is 0 Å². The molecular weight excluding hydrogens is 358 g/mol. The molecule has 0 saturated carbocycles. The molecule has 168 valence electrons. The minimum absolute atomic E-state index is 0.415. The molecule has 1 rings (SSSR count). The Morgan fingerprint density at radius 2 is 1.21 bits per heavy atom. The quantitative estimate of drug-likeness (QED) is 0.210. The zero-order chi connectivity index (χ0) is 20.8. The normalized spacial score (nSPS) is 12.2. The van der Waals surface area contributed by atoms with Gasteiger partial charge in [0, 0.05) is 18.8 Å². The van der Waals surface area contributed by atoms with Crippen LogP contribution in [0.25, 0.3) is 0 Å². The Balaban J connectivity index is 1.73. The van der Waals surface area contributed by atoms with Crippen molar-refractivity contribution in [3.8, 4) is 0 Å².